The highest BCUT2D eigenvalue weighted by Gasteiger charge is 2.27. The van der Waals surface area contributed by atoms with E-state index in [0.29, 0.717) is 12.0 Å². The first-order valence-corrected chi connectivity index (χ1v) is 7.12. The summed E-state index contributed by atoms with van der Waals surface area (Å²) in [6, 6.07) is 2.48. The fraction of sp³-hybridized carbons (Fsp3) is 0.714. The summed E-state index contributed by atoms with van der Waals surface area (Å²) in [5.41, 5.74) is 0. The van der Waals surface area contributed by atoms with E-state index in [4.69, 9.17) is 0 Å². The van der Waals surface area contributed by atoms with Gasteiger partial charge in [0.15, 0.2) is 0 Å². The van der Waals surface area contributed by atoms with E-state index in [2.05, 4.69) is 41.4 Å². The Morgan fingerprint density at radius 2 is 2.00 bits per heavy atom. The molecule has 1 aromatic rings. The lowest BCUT2D eigenvalue weighted by atomic mass is 10.2. The first-order chi connectivity index (χ1) is 8.72. The molecule has 1 atom stereocenters. The number of aromatic nitrogens is 2. The molecule has 2 rings (SSSR count). The molecule has 1 unspecified atom stereocenters. The summed E-state index contributed by atoms with van der Waals surface area (Å²) in [6.07, 6.45) is 4.83. The Morgan fingerprint density at radius 1 is 1.28 bits per heavy atom. The zero-order valence-electron chi connectivity index (χ0n) is 11.7. The minimum atomic E-state index is 0.464. The lowest BCUT2D eigenvalue weighted by Crippen LogP contribution is -2.16. The van der Waals surface area contributed by atoms with E-state index >= 15 is 0 Å². The van der Waals surface area contributed by atoms with Gasteiger partial charge in [-0.3, -0.25) is 0 Å². The number of rotatable bonds is 7. The lowest BCUT2D eigenvalue weighted by molar-refractivity contribution is 0.686. The summed E-state index contributed by atoms with van der Waals surface area (Å²) in [5.74, 6) is 3.50. The normalized spacial score (nSPS) is 16.4. The van der Waals surface area contributed by atoms with E-state index in [-0.39, 0.29) is 0 Å². The summed E-state index contributed by atoms with van der Waals surface area (Å²) >= 11 is 0. The maximum atomic E-state index is 4.64. The average Bonchev–Trinajstić information content (AvgIpc) is 3.13. The van der Waals surface area contributed by atoms with Crippen LogP contribution in [0.1, 0.15) is 58.2 Å². The van der Waals surface area contributed by atoms with Crippen molar-refractivity contribution in [2.75, 3.05) is 17.2 Å². The number of nitrogens with one attached hydrogen (secondary N) is 2. The Morgan fingerprint density at radius 3 is 2.61 bits per heavy atom. The smallest absolute Gasteiger partial charge is 0.136 e. The lowest BCUT2D eigenvalue weighted by Gasteiger charge is -2.15. The van der Waals surface area contributed by atoms with Crippen molar-refractivity contribution in [3.8, 4) is 0 Å². The molecule has 0 bridgehead atoms. The van der Waals surface area contributed by atoms with Crippen molar-refractivity contribution in [1.29, 1.82) is 0 Å². The zero-order valence-corrected chi connectivity index (χ0v) is 11.7. The Labute approximate surface area is 110 Å². The SMILES string of the molecule is CCCC(C)Nc1cc(NCC)nc(C2CC2)n1. The van der Waals surface area contributed by atoms with Gasteiger partial charge in [0.05, 0.1) is 0 Å². The zero-order chi connectivity index (χ0) is 13.0. The van der Waals surface area contributed by atoms with E-state index < -0.39 is 0 Å². The molecule has 1 heterocycles. The molecular weight excluding hydrogens is 224 g/mol. The number of hydrogen-bond acceptors (Lipinski definition) is 4. The standard InChI is InChI=1S/C14H24N4/c1-4-6-10(3)16-13-9-12(15-5-2)17-14(18-13)11-7-8-11/h9-11H,4-8H2,1-3H3,(H2,15,16,17,18). The van der Waals surface area contributed by atoms with Crippen molar-refractivity contribution in [3.63, 3.8) is 0 Å². The largest absolute Gasteiger partial charge is 0.370 e. The van der Waals surface area contributed by atoms with Gasteiger partial charge < -0.3 is 10.6 Å². The highest BCUT2D eigenvalue weighted by Crippen LogP contribution is 2.38. The predicted molar refractivity (Wildman–Crippen MR) is 76.2 cm³/mol. The van der Waals surface area contributed by atoms with Gasteiger partial charge in [-0.25, -0.2) is 9.97 Å². The first-order valence-electron chi connectivity index (χ1n) is 7.12. The second-order valence-corrected chi connectivity index (χ2v) is 5.14. The monoisotopic (exact) mass is 248 g/mol. The molecule has 1 aromatic heterocycles. The van der Waals surface area contributed by atoms with Crippen molar-refractivity contribution in [2.45, 2.75) is 58.4 Å². The number of nitrogens with zero attached hydrogens (tertiary/aromatic N) is 2. The summed E-state index contributed by atoms with van der Waals surface area (Å²) in [4.78, 5) is 9.21. The van der Waals surface area contributed by atoms with Crippen LogP contribution >= 0.6 is 0 Å². The molecule has 0 saturated heterocycles. The van der Waals surface area contributed by atoms with Crippen LogP contribution in [-0.2, 0) is 0 Å². The molecule has 0 radical (unpaired) electrons. The van der Waals surface area contributed by atoms with Crippen LogP contribution in [0.4, 0.5) is 11.6 Å². The minimum Gasteiger partial charge on any atom is -0.370 e. The number of hydrogen-bond donors (Lipinski definition) is 2. The molecular formula is C14H24N4. The summed E-state index contributed by atoms with van der Waals surface area (Å²) in [7, 11) is 0. The third-order valence-electron chi connectivity index (χ3n) is 3.16. The summed E-state index contributed by atoms with van der Waals surface area (Å²) in [6.45, 7) is 7.39. The van der Waals surface area contributed by atoms with Gasteiger partial charge in [0.2, 0.25) is 0 Å². The van der Waals surface area contributed by atoms with Crippen LogP contribution in [0.15, 0.2) is 6.07 Å². The molecule has 4 heteroatoms. The highest BCUT2D eigenvalue weighted by molar-refractivity contribution is 5.48. The van der Waals surface area contributed by atoms with E-state index in [1.807, 2.05) is 6.07 Å². The van der Waals surface area contributed by atoms with Crippen molar-refractivity contribution < 1.29 is 0 Å². The molecule has 1 aliphatic rings. The Bertz CT molecular complexity index is 387. The van der Waals surface area contributed by atoms with Crippen LogP contribution < -0.4 is 10.6 Å². The van der Waals surface area contributed by atoms with Crippen LogP contribution in [0.3, 0.4) is 0 Å². The van der Waals surface area contributed by atoms with Crippen molar-refractivity contribution in [2.24, 2.45) is 0 Å². The molecule has 2 N–H and O–H groups in total. The van der Waals surface area contributed by atoms with Crippen LogP contribution in [0.5, 0.6) is 0 Å². The van der Waals surface area contributed by atoms with Gasteiger partial charge in [0.25, 0.3) is 0 Å². The second kappa shape index (κ2) is 6.03. The summed E-state index contributed by atoms with van der Waals surface area (Å²) < 4.78 is 0. The van der Waals surface area contributed by atoms with Crippen molar-refractivity contribution >= 4 is 11.6 Å². The molecule has 0 amide bonds. The van der Waals surface area contributed by atoms with Gasteiger partial charge in [-0.05, 0) is 33.1 Å². The van der Waals surface area contributed by atoms with Crippen LogP contribution in [0, 0.1) is 0 Å². The molecule has 18 heavy (non-hydrogen) atoms. The van der Waals surface area contributed by atoms with E-state index in [1.54, 1.807) is 0 Å². The Balaban J connectivity index is 2.11. The third kappa shape index (κ3) is 3.59. The van der Waals surface area contributed by atoms with Gasteiger partial charge in [-0.15, -0.1) is 0 Å². The quantitative estimate of drug-likeness (QED) is 0.776. The van der Waals surface area contributed by atoms with Crippen LogP contribution in [0.2, 0.25) is 0 Å². The van der Waals surface area contributed by atoms with Crippen molar-refractivity contribution in [1.82, 2.24) is 9.97 Å². The van der Waals surface area contributed by atoms with Crippen molar-refractivity contribution in [3.05, 3.63) is 11.9 Å². The topological polar surface area (TPSA) is 49.8 Å². The molecule has 4 nitrogen and oxygen atoms in total. The van der Waals surface area contributed by atoms with E-state index in [1.165, 1.54) is 25.7 Å². The van der Waals surface area contributed by atoms with Gasteiger partial charge >= 0.3 is 0 Å². The van der Waals surface area contributed by atoms with E-state index in [0.717, 1.165) is 24.0 Å². The fourth-order valence-corrected chi connectivity index (χ4v) is 2.09. The Hall–Kier alpha value is -1.32. The van der Waals surface area contributed by atoms with Gasteiger partial charge in [0, 0.05) is 24.6 Å². The fourth-order valence-electron chi connectivity index (χ4n) is 2.09. The molecule has 1 fully saturated rings. The third-order valence-corrected chi connectivity index (χ3v) is 3.16. The van der Waals surface area contributed by atoms with Gasteiger partial charge in [-0.1, -0.05) is 13.3 Å². The van der Waals surface area contributed by atoms with Gasteiger partial charge in [-0.2, -0.15) is 0 Å². The predicted octanol–water partition coefficient (Wildman–Crippen LogP) is 3.39. The van der Waals surface area contributed by atoms with Gasteiger partial charge in [0.1, 0.15) is 17.5 Å². The molecule has 1 aliphatic carbocycles. The average molecular weight is 248 g/mol. The maximum Gasteiger partial charge on any atom is 0.136 e. The van der Waals surface area contributed by atoms with E-state index in [9.17, 15) is 0 Å². The maximum absolute atomic E-state index is 4.64. The molecule has 0 aromatic carbocycles. The summed E-state index contributed by atoms with van der Waals surface area (Å²) in [5, 5.41) is 6.76. The first kappa shape index (κ1) is 13.1. The Kier molecular flexibility index (Phi) is 4.39. The number of anilines is 2. The van der Waals surface area contributed by atoms with Crippen LogP contribution in [-0.4, -0.2) is 22.6 Å². The molecule has 1 saturated carbocycles. The highest BCUT2D eigenvalue weighted by atomic mass is 15.1. The molecule has 0 aliphatic heterocycles. The van der Waals surface area contributed by atoms with Crippen LogP contribution in [0.25, 0.3) is 0 Å². The second-order valence-electron chi connectivity index (χ2n) is 5.14. The minimum absolute atomic E-state index is 0.464. The molecule has 0 spiro atoms. The molecule has 100 valence electrons.